The average Bonchev–Trinajstić information content (AvgIpc) is 2.49. The van der Waals surface area contributed by atoms with Crippen molar-refractivity contribution >= 4 is 24.2 Å². The van der Waals surface area contributed by atoms with Crippen molar-refractivity contribution < 1.29 is 19.4 Å². The number of Topliss-reactive ketones (excluding diaryl/α,β-unsaturated/α-hetero) is 1. The number of β-amino-alcohol motifs (C(OH)–C–C–N with tert-alkyl or cyclic N) is 1. The Bertz CT molecular complexity index is 221. The third-order valence-corrected chi connectivity index (χ3v) is 2.04. The zero-order valence-electron chi connectivity index (χ0n) is 7.86. The summed E-state index contributed by atoms with van der Waals surface area (Å²) < 4.78 is 4.27. The second-order valence-corrected chi connectivity index (χ2v) is 3.11. The van der Waals surface area contributed by atoms with Crippen LogP contribution in [0.3, 0.4) is 0 Å². The van der Waals surface area contributed by atoms with Gasteiger partial charge in [0.1, 0.15) is 0 Å². The van der Waals surface area contributed by atoms with E-state index in [9.17, 15) is 9.59 Å². The lowest BCUT2D eigenvalue weighted by atomic mass is 10.1. The van der Waals surface area contributed by atoms with Crippen LogP contribution in [-0.2, 0) is 14.3 Å². The normalized spacial score (nSPS) is 25.3. The topological polar surface area (TPSA) is 75.6 Å². The zero-order valence-corrected chi connectivity index (χ0v) is 8.67. The summed E-state index contributed by atoms with van der Waals surface area (Å²) in [5.74, 6) is -1.36. The summed E-state index contributed by atoms with van der Waals surface area (Å²) in [4.78, 5) is 21.8. The summed E-state index contributed by atoms with van der Waals surface area (Å²) in [6, 6.07) is -0.0957. The van der Waals surface area contributed by atoms with Crippen molar-refractivity contribution in [2.75, 3.05) is 13.7 Å². The van der Waals surface area contributed by atoms with Crippen molar-refractivity contribution in [3.63, 3.8) is 0 Å². The molecule has 1 rings (SSSR count). The average molecular weight is 224 g/mol. The largest absolute Gasteiger partial charge is 0.463 e. The number of carbonyl (C=O) groups is 2. The van der Waals surface area contributed by atoms with Gasteiger partial charge in [-0.25, -0.2) is 4.79 Å². The second-order valence-electron chi connectivity index (χ2n) is 3.11. The Morgan fingerprint density at radius 3 is 2.64 bits per heavy atom. The van der Waals surface area contributed by atoms with E-state index in [-0.39, 0.29) is 24.9 Å². The fourth-order valence-electron chi connectivity index (χ4n) is 1.37. The number of methoxy groups -OCH3 is 1. The summed E-state index contributed by atoms with van der Waals surface area (Å²) in [5.41, 5.74) is 0. The predicted molar refractivity (Wildman–Crippen MR) is 51.3 cm³/mol. The minimum absolute atomic E-state index is 0. The van der Waals surface area contributed by atoms with Gasteiger partial charge in [-0.1, -0.05) is 0 Å². The number of ketones is 1. The molecule has 0 spiro atoms. The number of carbonyl (C=O) groups excluding carboxylic acids is 2. The molecule has 2 N–H and O–H groups in total. The highest BCUT2D eigenvalue weighted by Crippen LogP contribution is 2.10. The van der Waals surface area contributed by atoms with E-state index < -0.39 is 17.9 Å². The molecule has 1 fully saturated rings. The van der Waals surface area contributed by atoms with Crippen LogP contribution < -0.4 is 5.32 Å². The molecule has 5 nitrogen and oxygen atoms in total. The van der Waals surface area contributed by atoms with Crippen LogP contribution >= 0.6 is 12.4 Å². The fourth-order valence-corrected chi connectivity index (χ4v) is 1.37. The first kappa shape index (κ1) is 13.4. The molecule has 1 saturated heterocycles. The van der Waals surface area contributed by atoms with Crippen molar-refractivity contribution in [1.82, 2.24) is 5.32 Å². The summed E-state index contributed by atoms with van der Waals surface area (Å²) in [6.45, 7) is 0.485. The molecule has 0 aliphatic carbocycles. The van der Waals surface area contributed by atoms with E-state index in [4.69, 9.17) is 5.11 Å². The molecule has 14 heavy (non-hydrogen) atoms. The van der Waals surface area contributed by atoms with E-state index >= 15 is 0 Å². The van der Waals surface area contributed by atoms with Gasteiger partial charge in [0.15, 0.2) is 0 Å². The first-order chi connectivity index (χ1) is 6.13. The Morgan fingerprint density at radius 2 is 2.21 bits per heavy atom. The van der Waals surface area contributed by atoms with E-state index in [0.29, 0.717) is 13.0 Å². The van der Waals surface area contributed by atoms with Crippen molar-refractivity contribution in [2.24, 2.45) is 0 Å². The molecule has 1 aliphatic rings. The smallest absolute Gasteiger partial charge is 0.374 e. The minimum atomic E-state index is -0.816. The number of hydrogen-bond donors (Lipinski definition) is 2. The Balaban J connectivity index is 0.00000169. The molecule has 0 amide bonds. The zero-order chi connectivity index (χ0) is 9.84. The second kappa shape index (κ2) is 5.95. The SMILES string of the molecule is COC(=O)C(=O)C[C@@H]1C[C@@H](O)CN1.Cl. The van der Waals surface area contributed by atoms with Gasteiger partial charge in [0.05, 0.1) is 13.2 Å². The van der Waals surface area contributed by atoms with Crippen LogP contribution in [0, 0.1) is 0 Å². The molecule has 0 bridgehead atoms. The first-order valence-corrected chi connectivity index (χ1v) is 4.16. The maximum atomic E-state index is 11.0. The Morgan fingerprint density at radius 1 is 1.57 bits per heavy atom. The van der Waals surface area contributed by atoms with Gasteiger partial charge in [-0.15, -0.1) is 12.4 Å². The molecule has 0 aromatic carbocycles. The van der Waals surface area contributed by atoms with Gasteiger partial charge >= 0.3 is 5.97 Å². The number of hydrogen-bond acceptors (Lipinski definition) is 5. The standard InChI is InChI=1S/C8H13NO4.ClH/c1-13-8(12)7(11)3-5-2-6(10)4-9-5;/h5-6,9-10H,2-4H2,1H3;1H/t5-,6+;/m0./s1. The predicted octanol–water partition coefficient (Wildman–Crippen LogP) is -0.737. The molecule has 0 aromatic heterocycles. The van der Waals surface area contributed by atoms with Crippen LogP contribution in [0.4, 0.5) is 0 Å². The quantitative estimate of drug-likeness (QED) is 0.487. The molecule has 0 radical (unpaired) electrons. The number of esters is 1. The van der Waals surface area contributed by atoms with Gasteiger partial charge in [0, 0.05) is 19.0 Å². The third-order valence-electron chi connectivity index (χ3n) is 2.04. The van der Waals surface area contributed by atoms with Crippen molar-refractivity contribution in [3.05, 3.63) is 0 Å². The summed E-state index contributed by atoms with van der Waals surface area (Å²) >= 11 is 0. The highest BCUT2D eigenvalue weighted by molar-refractivity contribution is 6.33. The Labute approximate surface area is 88.2 Å². The van der Waals surface area contributed by atoms with Gasteiger partial charge in [0.25, 0.3) is 0 Å². The molecule has 2 atom stereocenters. The van der Waals surface area contributed by atoms with Gasteiger partial charge in [-0.2, -0.15) is 0 Å². The lowest BCUT2D eigenvalue weighted by molar-refractivity contribution is -0.151. The van der Waals surface area contributed by atoms with Crippen LogP contribution in [0.25, 0.3) is 0 Å². The van der Waals surface area contributed by atoms with Crippen molar-refractivity contribution in [2.45, 2.75) is 25.0 Å². The van der Waals surface area contributed by atoms with E-state index in [0.717, 1.165) is 0 Å². The number of aliphatic hydroxyl groups is 1. The van der Waals surface area contributed by atoms with E-state index in [2.05, 4.69) is 10.1 Å². The molecule has 0 unspecified atom stereocenters. The van der Waals surface area contributed by atoms with E-state index in [1.165, 1.54) is 7.11 Å². The fraction of sp³-hybridized carbons (Fsp3) is 0.750. The van der Waals surface area contributed by atoms with Gasteiger partial charge < -0.3 is 15.2 Å². The summed E-state index contributed by atoms with van der Waals surface area (Å²) in [6.07, 6.45) is 0.211. The van der Waals surface area contributed by atoms with Gasteiger partial charge in [0.2, 0.25) is 5.78 Å². The number of ether oxygens (including phenoxy) is 1. The van der Waals surface area contributed by atoms with E-state index in [1.807, 2.05) is 0 Å². The van der Waals surface area contributed by atoms with Gasteiger partial charge in [-0.05, 0) is 6.42 Å². The molecule has 0 saturated carbocycles. The Kier molecular flexibility index (Phi) is 5.68. The maximum Gasteiger partial charge on any atom is 0.374 e. The molecule has 0 aromatic rings. The molecular formula is C8H14ClNO4. The number of nitrogens with one attached hydrogen (secondary N) is 1. The number of halogens is 1. The number of rotatable bonds is 3. The lowest BCUT2D eigenvalue weighted by Crippen LogP contribution is -2.28. The molecule has 82 valence electrons. The van der Waals surface area contributed by atoms with Crippen LogP contribution in [0.15, 0.2) is 0 Å². The van der Waals surface area contributed by atoms with Crippen molar-refractivity contribution in [1.29, 1.82) is 0 Å². The molecular weight excluding hydrogens is 210 g/mol. The summed E-state index contributed by atoms with van der Waals surface area (Å²) in [7, 11) is 1.18. The minimum Gasteiger partial charge on any atom is -0.463 e. The van der Waals surface area contributed by atoms with Crippen molar-refractivity contribution in [3.8, 4) is 0 Å². The van der Waals surface area contributed by atoms with Crippen LogP contribution in [0.1, 0.15) is 12.8 Å². The molecule has 1 heterocycles. The molecule has 1 aliphatic heterocycles. The maximum absolute atomic E-state index is 11.0. The number of aliphatic hydroxyl groups excluding tert-OH is 1. The first-order valence-electron chi connectivity index (χ1n) is 4.16. The van der Waals surface area contributed by atoms with Crippen LogP contribution in [0.5, 0.6) is 0 Å². The summed E-state index contributed by atoms with van der Waals surface area (Å²) in [5, 5.41) is 12.1. The van der Waals surface area contributed by atoms with Crippen LogP contribution in [0.2, 0.25) is 0 Å². The lowest BCUT2D eigenvalue weighted by Gasteiger charge is -2.06. The van der Waals surface area contributed by atoms with E-state index in [1.54, 1.807) is 0 Å². The third kappa shape index (κ3) is 3.61. The van der Waals surface area contributed by atoms with Gasteiger partial charge in [-0.3, -0.25) is 4.79 Å². The monoisotopic (exact) mass is 223 g/mol. The molecule has 6 heteroatoms. The van der Waals surface area contributed by atoms with Crippen LogP contribution in [-0.4, -0.2) is 42.7 Å². The highest BCUT2D eigenvalue weighted by atomic mass is 35.5. The highest BCUT2D eigenvalue weighted by Gasteiger charge is 2.26. The Hall–Kier alpha value is -0.650.